The standard InChI is InChI=1S/C17H13NO4/c19-11-2-4-15-13(7-11)10(9-18-15)1-5-16(21)14-8-12(20)3-6-17(14)22/h1-9,18-20,22H/b5-1+. The number of nitrogens with one attached hydrogen (secondary N) is 1. The maximum atomic E-state index is 12.1. The molecule has 1 heterocycles. The molecule has 0 atom stereocenters. The van der Waals surface area contributed by atoms with Gasteiger partial charge in [-0.1, -0.05) is 0 Å². The number of hydrogen-bond acceptors (Lipinski definition) is 4. The van der Waals surface area contributed by atoms with Crippen LogP contribution in [0.3, 0.4) is 0 Å². The Balaban J connectivity index is 1.94. The lowest BCUT2D eigenvalue weighted by Crippen LogP contribution is -1.94. The Labute approximate surface area is 125 Å². The van der Waals surface area contributed by atoms with Crippen molar-refractivity contribution in [3.05, 3.63) is 59.8 Å². The summed E-state index contributed by atoms with van der Waals surface area (Å²) in [6, 6.07) is 8.69. The van der Waals surface area contributed by atoms with Crippen LogP contribution in [0.2, 0.25) is 0 Å². The topological polar surface area (TPSA) is 93.6 Å². The van der Waals surface area contributed by atoms with Gasteiger partial charge in [-0.3, -0.25) is 4.79 Å². The van der Waals surface area contributed by atoms with Gasteiger partial charge in [0.05, 0.1) is 5.56 Å². The third-order valence-electron chi connectivity index (χ3n) is 3.36. The monoisotopic (exact) mass is 295 g/mol. The van der Waals surface area contributed by atoms with Gasteiger partial charge in [-0.05, 0) is 48.6 Å². The van der Waals surface area contributed by atoms with Crippen LogP contribution in [0.25, 0.3) is 17.0 Å². The molecule has 0 spiro atoms. The minimum absolute atomic E-state index is 0.0268. The fraction of sp³-hybridized carbons (Fsp3) is 0. The highest BCUT2D eigenvalue weighted by molar-refractivity contribution is 6.09. The highest BCUT2D eigenvalue weighted by atomic mass is 16.3. The minimum atomic E-state index is -0.428. The van der Waals surface area contributed by atoms with Crippen molar-refractivity contribution < 1.29 is 20.1 Å². The summed E-state index contributed by atoms with van der Waals surface area (Å²) in [4.78, 5) is 15.1. The van der Waals surface area contributed by atoms with Crippen molar-refractivity contribution in [2.75, 3.05) is 0 Å². The third-order valence-corrected chi connectivity index (χ3v) is 3.36. The number of phenols is 3. The Bertz CT molecular complexity index is 893. The molecule has 1 aromatic heterocycles. The number of hydrogen-bond donors (Lipinski definition) is 4. The molecule has 0 bridgehead atoms. The van der Waals surface area contributed by atoms with Crippen molar-refractivity contribution in [2.45, 2.75) is 0 Å². The zero-order valence-corrected chi connectivity index (χ0v) is 11.4. The fourth-order valence-corrected chi connectivity index (χ4v) is 2.24. The number of fused-ring (bicyclic) bond motifs is 1. The summed E-state index contributed by atoms with van der Waals surface area (Å²) in [5.41, 5.74) is 1.60. The number of ketones is 1. The summed E-state index contributed by atoms with van der Waals surface area (Å²) in [6.07, 6.45) is 4.61. The molecular formula is C17H13NO4. The van der Waals surface area contributed by atoms with Gasteiger partial charge in [0.25, 0.3) is 0 Å². The molecule has 110 valence electrons. The summed E-state index contributed by atoms with van der Waals surface area (Å²) in [6.45, 7) is 0. The van der Waals surface area contributed by atoms with Crippen molar-refractivity contribution in [1.29, 1.82) is 0 Å². The molecule has 3 rings (SSSR count). The second kappa shape index (κ2) is 5.29. The predicted molar refractivity (Wildman–Crippen MR) is 83.1 cm³/mol. The van der Waals surface area contributed by atoms with Gasteiger partial charge >= 0.3 is 0 Å². The molecule has 2 aromatic carbocycles. The van der Waals surface area contributed by atoms with E-state index in [4.69, 9.17) is 0 Å². The molecule has 0 saturated carbocycles. The second-order valence-electron chi connectivity index (χ2n) is 4.87. The molecule has 0 aliphatic heterocycles. The largest absolute Gasteiger partial charge is 0.508 e. The first kappa shape index (κ1) is 13.8. The minimum Gasteiger partial charge on any atom is -0.508 e. The van der Waals surface area contributed by atoms with E-state index in [1.165, 1.54) is 24.3 Å². The number of carbonyl (C=O) groups is 1. The summed E-state index contributed by atoms with van der Waals surface area (Å²) in [7, 11) is 0. The van der Waals surface area contributed by atoms with E-state index in [-0.39, 0.29) is 22.8 Å². The smallest absolute Gasteiger partial charge is 0.189 e. The first-order valence-corrected chi connectivity index (χ1v) is 6.59. The Hall–Kier alpha value is -3.21. The number of H-pyrrole nitrogens is 1. The number of aromatic nitrogens is 1. The Kier molecular flexibility index (Phi) is 3.31. The van der Waals surface area contributed by atoms with E-state index in [9.17, 15) is 20.1 Å². The van der Waals surface area contributed by atoms with E-state index in [1.54, 1.807) is 30.5 Å². The lowest BCUT2D eigenvalue weighted by Gasteiger charge is -2.01. The molecule has 5 nitrogen and oxygen atoms in total. The van der Waals surface area contributed by atoms with E-state index in [0.29, 0.717) is 0 Å². The van der Waals surface area contributed by atoms with Crippen LogP contribution in [-0.2, 0) is 0 Å². The predicted octanol–water partition coefficient (Wildman–Crippen LogP) is 3.18. The van der Waals surface area contributed by atoms with Crippen molar-refractivity contribution in [2.24, 2.45) is 0 Å². The lowest BCUT2D eigenvalue weighted by molar-refractivity contribution is 0.104. The number of rotatable bonds is 3. The van der Waals surface area contributed by atoms with Crippen LogP contribution in [0.5, 0.6) is 17.2 Å². The van der Waals surface area contributed by atoms with Crippen LogP contribution in [0.15, 0.2) is 48.7 Å². The van der Waals surface area contributed by atoms with E-state index >= 15 is 0 Å². The third kappa shape index (κ3) is 2.52. The molecule has 22 heavy (non-hydrogen) atoms. The summed E-state index contributed by atoms with van der Waals surface area (Å²) < 4.78 is 0. The van der Waals surface area contributed by atoms with E-state index in [1.807, 2.05) is 0 Å². The van der Waals surface area contributed by atoms with Crippen molar-refractivity contribution in [1.82, 2.24) is 4.98 Å². The van der Waals surface area contributed by atoms with Crippen LogP contribution in [0.4, 0.5) is 0 Å². The lowest BCUT2D eigenvalue weighted by atomic mass is 10.1. The summed E-state index contributed by atoms with van der Waals surface area (Å²) in [5.74, 6) is -0.572. The average molecular weight is 295 g/mol. The number of benzene rings is 2. The average Bonchev–Trinajstić information content (AvgIpc) is 2.89. The molecular weight excluding hydrogens is 282 g/mol. The molecule has 5 heteroatoms. The number of aromatic hydroxyl groups is 3. The number of carbonyl (C=O) groups excluding carboxylic acids is 1. The number of allylic oxidation sites excluding steroid dienone is 1. The highest BCUT2D eigenvalue weighted by Crippen LogP contribution is 2.25. The number of aromatic amines is 1. The van der Waals surface area contributed by atoms with Gasteiger partial charge in [0, 0.05) is 22.7 Å². The van der Waals surface area contributed by atoms with Crippen LogP contribution in [0, 0.1) is 0 Å². The van der Waals surface area contributed by atoms with Gasteiger partial charge in [0.1, 0.15) is 17.2 Å². The molecule has 0 aliphatic carbocycles. The Morgan fingerprint density at radius 3 is 2.55 bits per heavy atom. The van der Waals surface area contributed by atoms with Gasteiger partial charge < -0.3 is 20.3 Å². The van der Waals surface area contributed by atoms with Gasteiger partial charge in [-0.25, -0.2) is 0 Å². The van der Waals surface area contributed by atoms with Gasteiger partial charge in [-0.2, -0.15) is 0 Å². The van der Waals surface area contributed by atoms with Crippen molar-refractivity contribution in [3.8, 4) is 17.2 Å². The van der Waals surface area contributed by atoms with Crippen LogP contribution >= 0.6 is 0 Å². The molecule has 0 saturated heterocycles. The normalized spacial score (nSPS) is 11.3. The highest BCUT2D eigenvalue weighted by Gasteiger charge is 2.09. The molecule has 0 fully saturated rings. The van der Waals surface area contributed by atoms with Crippen LogP contribution in [-0.4, -0.2) is 26.1 Å². The van der Waals surface area contributed by atoms with E-state index < -0.39 is 5.78 Å². The summed E-state index contributed by atoms with van der Waals surface area (Å²) >= 11 is 0. The maximum Gasteiger partial charge on any atom is 0.189 e. The molecule has 0 amide bonds. The molecule has 0 radical (unpaired) electrons. The first-order chi connectivity index (χ1) is 10.5. The number of phenolic OH excluding ortho intramolecular Hbond substituents is 3. The van der Waals surface area contributed by atoms with Crippen LogP contribution in [0.1, 0.15) is 15.9 Å². The van der Waals surface area contributed by atoms with Crippen LogP contribution < -0.4 is 0 Å². The zero-order valence-electron chi connectivity index (χ0n) is 11.4. The summed E-state index contributed by atoms with van der Waals surface area (Å²) in [5, 5.41) is 29.4. The Morgan fingerprint density at radius 1 is 1.00 bits per heavy atom. The molecule has 3 aromatic rings. The van der Waals surface area contributed by atoms with Gasteiger partial charge in [0.15, 0.2) is 5.78 Å². The van der Waals surface area contributed by atoms with E-state index in [0.717, 1.165) is 16.5 Å². The molecule has 0 aliphatic rings. The molecule has 4 N–H and O–H groups in total. The van der Waals surface area contributed by atoms with Crippen molar-refractivity contribution in [3.63, 3.8) is 0 Å². The van der Waals surface area contributed by atoms with E-state index in [2.05, 4.69) is 4.98 Å². The Morgan fingerprint density at radius 2 is 1.73 bits per heavy atom. The van der Waals surface area contributed by atoms with Gasteiger partial charge in [-0.15, -0.1) is 0 Å². The van der Waals surface area contributed by atoms with Crippen molar-refractivity contribution >= 4 is 22.8 Å². The molecule has 0 unspecified atom stereocenters. The zero-order chi connectivity index (χ0) is 15.7. The SMILES string of the molecule is O=C(/C=C/c1c[nH]c2ccc(O)cc12)c1cc(O)ccc1O. The first-order valence-electron chi connectivity index (χ1n) is 6.59. The van der Waals surface area contributed by atoms with Gasteiger partial charge in [0.2, 0.25) is 0 Å². The quantitative estimate of drug-likeness (QED) is 0.339. The fourth-order valence-electron chi connectivity index (χ4n) is 2.24. The maximum absolute atomic E-state index is 12.1. The second-order valence-corrected chi connectivity index (χ2v) is 4.87.